The van der Waals surface area contributed by atoms with Crippen molar-refractivity contribution in [1.82, 2.24) is 39.5 Å². The number of hydrogen-bond donors (Lipinski definition) is 1. The van der Waals surface area contributed by atoms with Crippen LogP contribution < -0.4 is 5.32 Å². The molecule has 0 bridgehead atoms. The third-order valence-corrected chi connectivity index (χ3v) is 4.76. The highest BCUT2D eigenvalue weighted by Gasteiger charge is 2.27. The Morgan fingerprint density at radius 2 is 2.07 bits per heavy atom. The van der Waals surface area contributed by atoms with Gasteiger partial charge in [-0.2, -0.15) is 5.10 Å². The molecule has 1 N–H and O–H groups in total. The van der Waals surface area contributed by atoms with Crippen LogP contribution in [0.1, 0.15) is 40.7 Å². The fourth-order valence-corrected chi connectivity index (χ4v) is 3.32. The van der Waals surface area contributed by atoms with E-state index in [1.54, 1.807) is 18.5 Å². The first-order valence-electron chi connectivity index (χ1n) is 8.93. The molecule has 0 unspecified atom stereocenters. The summed E-state index contributed by atoms with van der Waals surface area (Å²) in [5.74, 6) is 1.27. The molecule has 140 valence electrons. The lowest BCUT2D eigenvalue weighted by atomic mass is 10.2. The lowest BCUT2D eigenvalue weighted by Crippen LogP contribution is -2.36. The molecule has 0 aromatic carbocycles. The number of nitrogens with zero attached hydrogens (tertiary/aromatic N) is 7. The number of hydrogen-bond acceptors (Lipinski definition) is 6. The standard InChI is InChI=1S/C18H22N8O/c1-13-17-23-15(18(27)21-9-16-19-4-3-5-20-16)12-26(17)7-6-25(13)11-14-8-22-24(2)10-14/h3-5,8,10,12-13H,6-7,9,11H2,1-2H3,(H,21,27)/t13-/m1/s1. The van der Waals surface area contributed by atoms with E-state index in [2.05, 4.69) is 41.8 Å². The molecular formula is C18H22N8O. The van der Waals surface area contributed by atoms with Crippen molar-refractivity contribution in [2.24, 2.45) is 7.05 Å². The van der Waals surface area contributed by atoms with Gasteiger partial charge < -0.3 is 9.88 Å². The molecule has 1 aliphatic heterocycles. The summed E-state index contributed by atoms with van der Waals surface area (Å²) in [4.78, 5) is 27.6. The number of fused-ring (bicyclic) bond motifs is 1. The fourth-order valence-electron chi connectivity index (χ4n) is 3.32. The van der Waals surface area contributed by atoms with Crippen molar-refractivity contribution < 1.29 is 4.79 Å². The van der Waals surface area contributed by atoms with E-state index in [1.165, 1.54) is 5.56 Å². The third kappa shape index (κ3) is 3.72. The van der Waals surface area contributed by atoms with Crippen LogP contribution in [0.5, 0.6) is 0 Å². The number of aromatic nitrogens is 6. The van der Waals surface area contributed by atoms with Crippen molar-refractivity contribution >= 4 is 5.91 Å². The minimum Gasteiger partial charge on any atom is -0.343 e. The zero-order valence-corrected chi connectivity index (χ0v) is 15.4. The third-order valence-electron chi connectivity index (χ3n) is 4.76. The van der Waals surface area contributed by atoms with Gasteiger partial charge in [-0.25, -0.2) is 15.0 Å². The molecule has 4 rings (SSSR count). The number of rotatable bonds is 5. The number of aryl methyl sites for hydroxylation is 1. The first-order chi connectivity index (χ1) is 13.1. The first-order valence-corrected chi connectivity index (χ1v) is 8.93. The van der Waals surface area contributed by atoms with Crippen LogP contribution in [0, 0.1) is 0 Å². The van der Waals surface area contributed by atoms with Crippen molar-refractivity contribution in [3.63, 3.8) is 0 Å². The predicted octanol–water partition coefficient (Wildman–Crippen LogP) is 0.913. The van der Waals surface area contributed by atoms with Crippen molar-refractivity contribution in [3.05, 3.63) is 60.0 Å². The molecule has 1 aliphatic rings. The highest BCUT2D eigenvalue weighted by atomic mass is 16.1. The van der Waals surface area contributed by atoms with Gasteiger partial charge in [-0.1, -0.05) is 0 Å². The van der Waals surface area contributed by atoms with Crippen molar-refractivity contribution in [3.8, 4) is 0 Å². The molecule has 3 aromatic heterocycles. The lowest BCUT2D eigenvalue weighted by molar-refractivity contribution is 0.0945. The van der Waals surface area contributed by atoms with E-state index >= 15 is 0 Å². The van der Waals surface area contributed by atoms with E-state index in [1.807, 2.05) is 30.3 Å². The Labute approximate surface area is 157 Å². The Balaban J connectivity index is 1.43. The van der Waals surface area contributed by atoms with E-state index < -0.39 is 0 Å². The monoisotopic (exact) mass is 366 g/mol. The second kappa shape index (κ2) is 7.28. The van der Waals surface area contributed by atoms with E-state index in [0.29, 0.717) is 11.5 Å². The maximum atomic E-state index is 12.5. The van der Waals surface area contributed by atoms with Gasteiger partial charge in [0.05, 0.1) is 18.8 Å². The largest absolute Gasteiger partial charge is 0.343 e. The molecule has 0 spiro atoms. The van der Waals surface area contributed by atoms with E-state index in [0.717, 1.165) is 25.5 Å². The lowest BCUT2D eigenvalue weighted by Gasteiger charge is -2.33. The highest BCUT2D eigenvalue weighted by molar-refractivity contribution is 5.92. The van der Waals surface area contributed by atoms with Crippen LogP contribution in [0.4, 0.5) is 0 Å². The zero-order chi connectivity index (χ0) is 18.8. The van der Waals surface area contributed by atoms with Crippen molar-refractivity contribution in [1.29, 1.82) is 0 Å². The van der Waals surface area contributed by atoms with Gasteiger partial charge in [0.15, 0.2) is 0 Å². The smallest absolute Gasteiger partial charge is 0.271 e. The molecule has 9 heteroatoms. The van der Waals surface area contributed by atoms with Crippen LogP contribution in [0.3, 0.4) is 0 Å². The Bertz CT molecular complexity index is 932. The Morgan fingerprint density at radius 3 is 2.81 bits per heavy atom. The first kappa shape index (κ1) is 17.3. The minimum absolute atomic E-state index is 0.123. The normalized spacial score (nSPS) is 16.9. The van der Waals surface area contributed by atoms with E-state index in [-0.39, 0.29) is 18.5 Å². The van der Waals surface area contributed by atoms with Crippen LogP contribution >= 0.6 is 0 Å². The summed E-state index contributed by atoms with van der Waals surface area (Å²) in [6.45, 7) is 4.92. The van der Waals surface area contributed by atoms with Gasteiger partial charge in [0.1, 0.15) is 17.3 Å². The number of imidazole rings is 1. The molecule has 0 saturated carbocycles. The highest BCUT2D eigenvalue weighted by Crippen LogP contribution is 2.26. The summed E-state index contributed by atoms with van der Waals surface area (Å²) in [7, 11) is 1.92. The topological polar surface area (TPSA) is 93.8 Å². The van der Waals surface area contributed by atoms with E-state index in [4.69, 9.17) is 0 Å². The van der Waals surface area contributed by atoms with Crippen LogP contribution in [-0.4, -0.2) is 46.7 Å². The predicted molar refractivity (Wildman–Crippen MR) is 97.5 cm³/mol. The Morgan fingerprint density at radius 1 is 1.26 bits per heavy atom. The average molecular weight is 366 g/mol. The molecular weight excluding hydrogens is 344 g/mol. The van der Waals surface area contributed by atoms with Gasteiger partial charge in [-0.05, 0) is 13.0 Å². The molecule has 1 amide bonds. The quantitative estimate of drug-likeness (QED) is 0.721. The molecule has 1 atom stereocenters. The molecule has 9 nitrogen and oxygen atoms in total. The SMILES string of the molecule is C[C@@H]1c2nc(C(=O)NCc3ncccn3)cn2CCN1Cc1cnn(C)c1. The zero-order valence-electron chi connectivity index (χ0n) is 15.4. The van der Waals surface area contributed by atoms with Gasteiger partial charge in [0.2, 0.25) is 0 Å². The second-order valence-corrected chi connectivity index (χ2v) is 6.69. The van der Waals surface area contributed by atoms with Gasteiger partial charge >= 0.3 is 0 Å². The van der Waals surface area contributed by atoms with Crippen molar-refractivity contribution in [2.45, 2.75) is 32.6 Å². The number of carbonyl (C=O) groups is 1. The van der Waals surface area contributed by atoms with Gasteiger partial charge in [0.25, 0.3) is 5.91 Å². The minimum atomic E-state index is -0.213. The van der Waals surface area contributed by atoms with E-state index in [9.17, 15) is 4.79 Å². The molecule has 0 aliphatic carbocycles. The summed E-state index contributed by atoms with van der Waals surface area (Å²) in [6, 6.07) is 1.87. The maximum Gasteiger partial charge on any atom is 0.271 e. The molecule has 0 fully saturated rings. The molecule has 27 heavy (non-hydrogen) atoms. The second-order valence-electron chi connectivity index (χ2n) is 6.69. The summed E-state index contributed by atoms with van der Waals surface area (Å²) in [6.07, 6.45) is 9.05. The van der Waals surface area contributed by atoms with Gasteiger partial charge in [-0.15, -0.1) is 0 Å². The number of amides is 1. The summed E-state index contributed by atoms with van der Waals surface area (Å²) in [5.41, 5.74) is 1.60. The van der Waals surface area contributed by atoms with Crippen LogP contribution in [0.2, 0.25) is 0 Å². The molecule has 0 radical (unpaired) electrons. The van der Waals surface area contributed by atoms with Gasteiger partial charge in [0, 0.05) is 57.0 Å². The molecule has 3 aromatic rings. The Hall–Kier alpha value is -3.07. The summed E-state index contributed by atoms with van der Waals surface area (Å²) in [5, 5.41) is 7.06. The fraction of sp³-hybridized carbons (Fsp3) is 0.389. The maximum absolute atomic E-state index is 12.5. The number of carbonyl (C=O) groups excluding carboxylic acids is 1. The van der Waals surface area contributed by atoms with Crippen LogP contribution in [-0.2, 0) is 26.7 Å². The molecule has 0 saturated heterocycles. The summed E-state index contributed by atoms with van der Waals surface area (Å²) < 4.78 is 3.88. The van der Waals surface area contributed by atoms with Crippen LogP contribution in [0.15, 0.2) is 37.1 Å². The summed E-state index contributed by atoms with van der Waals surface area (Å²) >= 11 is 0. The average Bonchev–Trinajstić information content (AvgIpc) is 3.29. The van der Waals surface area contributed by atoms with Crippen molar-refractivity contribution in [2.75, 3.05) is 6.54 Å². The Kier molecular flexibility index (Phi) is 4.68. The number of nitrogens with one attached hydrogen (secondary N) is 1. The van der Waals surface area contributed by atoms with Crippen LogP contribution in [0.25, 0.3) is 0 Å². The van der Waals surface area contributed by atoms with Gasteiger partial charge in [-0.3, -0.25) is 14.4 Å². The molecule has 4 heterocycles.